The molecule has 12 heteroatoms. The van der Waals surface area contributed by atoms with Crippen molar-refractivity contribution in [3.63, 3.8) is 0 Å². The fraction of sp³-hybridized carbons (Fsp3) is 0.571. The lowest BCUT2D eigenvalue weighted by molar-refractivity contribution is -0.129. The minimum atomic E-state index is -3.67. The molecule has 0 radical (unpaired) electrons. The van der Waals surface area contributed by atoms with Gasteiger partial charge in [0.25, 0.3) is 0 Å². The number of carbonyl (C=O) groups excluding carboxylic acids is 1. The Kier molecular flexibility index (Phi) is 5.34. The van der Waals surface area contributed by atoms with Crippen LogP contribution in [0.25, 0.3) is 0 Å². The Morgan fingerprint density at radius 1 is 1.23 bits per heavy atom. The number of aromatic nitrogens is 4. The van der Waals surface area contributed by atoms with Crippen LogP contribution in [-0.2, 0) is 14.8 Å². The molecule has 1 N–H and O–H groups in total. The summed E-state index contributed by atoms with van der Waals surface area (Å²) in [5.74, 6) is 1.12. The molecule has 0 aliphatic carbocycles. The highest BCUT2D eigenvalue weighted by molar-refractivity contribution is 7.99. The fourth-order valence-corrected chi connectivity index (χ4v) is 5.21. The predicted octanol–water partition coefficient (Wildman–Crippen LogP) is 0.343. The molecule has 10 nitrogen and oxygen atoms in total. The highest BCUT2D eigenvalue weighted by atomic mass is 32.2. The molecule has 1 aliphatic rings. The Morgan fingerprint density at radius 2 is 1.92 bits per heavy atom. The van der Waals surface area contributed by atoms with Crippen LogP contribution in [0.1, 0.15) is 17.3 Å². The van der Waals surface area contributed by atoms with E-state index in [-0.39, 0.29) is 35.4 Å². The molecular weight excluding hydrogens is 380 g/mol. The maximum atomic E-state index is 12.8. The lowest BCUT2D eigenvalue weighted by Crippen LogP contribution is -2.51. The van der Waals surface area contributed by atoms with E-state index in [1.54, 1.807) is 25.7 Å². The standard InChI is InChI=1S/C14H20N6O4S2/c1-9-13(10(2)24-18-9)26(22,23)20-6-4-19(5-7-20)12(21)8-25-14-15-11(3)16-17-14/h4-8H2,1-3H3,(H,15,16,17). The number of hydrogen-bond donors (Lipinski definition) is 1. The molecule has 3 heterocycles. The zero-order valence-corrected chi connectivity index (χ0v) is 16.4. The van der Waals surface area contributed by atoms with E-state index in [4.69, 9.17) is 4.52 Å². The molecule has 1 saturated heterocycles. The number of nitrogens with zero attached hydrogens (tertiary/aromatic N) is 5. The van der Waals surface area contributed by atoms with Gasteiger partial charge in [0.2, 0.25) is 21.1 Å². The first-order chi connectivity index (χ1) is 12.3. The quantitative estimate of drug-likeness (QED) is 0.713. The number of sulfonamides is 1. The number of thioether (sulfide) groups is 1. The zero-order valence-electron chi connectivity index (χ0n) is 14.7. The molecule has 0 atom stereocenters. The largest absolute Gasteiger partial charge is 0.360 e. The highest BCUT2D eigenvalue weighted by Gasteiger charge is 2.34. The van der Waals surface area contributed by atoms with Crippen molar-refractivity contribution in [3.05, 3.63) is 17.3 Å². The lowest BCUT2D eigenvalue weighted by Gasteiger charge is -2.33. The summed E-state index contributed by atoms with van der Waals surface area (Å²) < 4.78 is 31.9. The van der Waals surface area contributed by atoms with Crippen LogP contribution < -0.4 is 0 Å². The first kappa shape index (κ1) is 18.9. The molecule has 0 aromatic carbocycles. The van der Waals surface area contributed by atoms with Crippen molar-refractivity contribution in [2.45, 2.75) is 30.8 Å². The van der Waals surface area contributed by atoms with E-state index in [9.17, 15) is 13.2 Å². The van der Waals surface area contributed by atoms with Crippen molar-refractivity contribution in [2.24, 2.45) is 0 Å². The van der Waals surface area contributed by atoms with E-state index in [2.05, 4.69) is 20.3 Å². The van der Waals surface area contributed by atoms with Crippen LogP contribution in [0.2, 0.25) is 0 Å². The van der Waals surface area contributed by atoms with Gasteiger partial charge in [0, 0.05) is 26.2 Å². The van der Waals surface area contributed by atoms with Gasteiger partial charge in [0.05, 0.1) is 5.75 Å². The van der Waals surface area contributed by atoms with Crippen molar-refractivity contribution in [3.8, 4) is 0 Å². The topological polar surface area (TPSA) is 125 Å². The normalized spacial score (nSPS) is 16.2. The van der Waals surface area contributed by atoms with E-state index in [1.807, 2.05) is 0 Å². The molecule has 1 fully saturated rings. The van der Waals surface area contributed by atoms with Gasteiger partial charge in [-0.3, -0.25) is 9.89 Å². The van der Waals surface area contributed by atoms with Gasteiger partial charge in [-0.15, -0.1) is 5.10 Å². The third-order valence-electron chi connectivity index (χ3n) is 4.06. The van der Waals surface area contributed by atoms with Gasteiger partial charge in [-0.05, 0) is 20.8 Å². The van der Waals surface area contributed by atoms with E-state index in [0.29, 0.717) is 29.8 Å². The van der Waals surface area contributed by atoms with Crippen molar-refractivity contribution in [2.75, 3.05) is 31.9 Å². The Bertz CT molecular complexity index is 879. The molecule has 1 amide bonds. The van der Waals surface area contributed by atoms with Crippen molar-refractivity contribution >= 4 is 27.7 Å². The molecule has 3 rings (SSSR count). The van der Waals surface area contributed by atoms with Crippen LogP contribution in [0.5, 0.6) is 0 Å². The number of nitrogens with one attached hydrogen (secondary N) is 1. The van der Waals surface area contributed by atoms with Gasteiger partial charge in [0.15, 0.2) is 5.76 Å². The smallest absolute Gasteiger partial charge is 0.248 e. The second-order valence-corrected chi connectivity index (χ2v) is 8.75. The van der Waals surface area contributed by atoms with Crippen LogP contribution in [0.15, 0.2) is 14.6 Å². The monoisotopic (exact) mass is 400 g/mol. The summed E-state index contributed by atoms with van der Waals surface area (Å²) in [4.78, 5) is 18.2. The summed E-state index contributed by atoms with van der Waals surface area (Å²) in [5, 5.41) is 10.9. The SMILES string of the molecule is Cc1nc(SCC(=O)N2CCN(S(=O)(=O)c3c(C)noc3C)CC2)n[nH]1. The van der Waals surface area contributed by atoms with E-state index in [1.165, 1.54) is 16.1 Å². The third kappa shape index (κ3) is 3.76. The number of rotatable bonds is 5. The summed E-state index contributed by atoms with van der Waals surface area (Å²) in [6, 6.07) is 0. The molecule has 1 aliphatic heterocycles. The van der Waals surface area contributed by atoms with Gasteiger partial charge in [-0.25, -0.2) is 13.4 Å². The number of amides is 1. The summed E-state index contributed by atoms with van der Waals surface area (Å²) in [6.45, 7) is 6.13. The van der Waals surface area contributed by atoms with Crippen molar-refractivity contribution < 1.29 is 17.7 Å². The molecule has 142 valence electrons. The van der Waals surface area contributed by atoms with Gasteiger partial charge in [-0.2, -0.15) is 4.31 Å². The van der Waals surface area contributed by atoms with E-state index in [0.717, 1.165) is 0 Å². The second kappa shape index (κ2) is 7.37. The maximum Gasteiger partial charge on any atom is 0.248 e. The Morgan fingerprint density at radius 3 is 2.46 bits per heavy atom. The number of carbonyl (C=O) groups is 1. The molecule has 2 aromatic heterocycles. The van der Waals surface area contributed by atoms with Crippen molar-refractivity contribution in [1.82, 2.24) is 29.5 Å². The maximum absolute atomic E-state index is 12.8. The summed E-state index contributed by atoms with van der Waals surface area (Å²) in [5.41, 5.74) is 0.346. The number of piperazine rings is 1. The number of aromatic amines is 1. The third-order valence-corrected chi connectivity index (χ3v) is 7.03. The van der Waals surface area contributed by atoms with Gasteiger partial charge < -0.3 is 9.42 Å². The minimum Gasteiger partial charge on any atom is -0.360 e. The molecule has 0 spiro atoms. The highest BCUT2D eigenvalue weighted by Crippen LogP contribution is 2.24. The summed E-state index contributed by atoms with van der Waals surface area (Å²) in [6.07, 6.45) is 0. The minimum absolute atomic E-state index is 0.0631. The first-order valence-corrected chi connectivity index (χ1v) is 10.4. The number of hydrogen-bond acceptors (Lipinski definition) is 8. The fourth-order valence-electron chi connectivity index (χ4n) is 2.75. The number of H-pyrrole nitrogens is 1. The average molecular weight is 400 g/mol. The molecule has 0 saturated carbocycles. The van der Waals surface area contributed by atoms with Gasteiger partial charge >= 0.3 is 0 Å². The molecule has 0 unspecified atom stereocenters. The van der Waals surface area contributed by atoms with Crippen LogP contribution in [0.3, 0.4) is 0 Å². The average Bonchev–Trinajstić information content (AvgIpc) is 3.18. The van der Waals surface area contributed by atoms with Crippen LogP contribution in [-0.4, -0.2) is 75.8 Å². The second-order valence-electron chi connectivity index (χ2n) is 5.93. The Labute approximate surface area is 155 Å². The predicted molar refractivity (Wildman–Crippen MR) is 93.2 cm³/mol. The van der Waals surface area contributed by atoms with Crippen LogP contribution in [0, 0.1) is 20.8 Å². The summed E-state index contributed by atoms with van der Waals surface area (Å²) in [7, 11) is -3.67. The van der Waals surface area contributed by atoms with Gasteiger partial charge in [0.1, 0.15) is 16.4 Å². The zero-order chi connectivity index (χ0) is 18.9. The molecular formula is C14H20N6O4S2. The Hall–Kier alpha value is -1.92. The lowest BCUT2D eigenvalue weighted by atomic mass is 10.3. The van der Waals surface area contributed by atoms with Crippen LogP contribution >= 0.6 is 11.8 Å². The summed E-state index contributed by atoms with van der Waals surface area (Å²) >= 11 is 1.25. The first-order valence-electron chi connectivity index (χ1n) is 8.01. The molecule has 0 bridgehead atoms. The van der Waals surface area contributed by atoms with E-state index >= 15 is 0 Å². The molecule has 2 aromatic rings. The van der Waals surface area contributed by atoms with Crippen LogP contribution in [0.4, 0.5) is 0 Å². The van der Waals surface area contributed by atoms with E-state index < -0.39 is 10.0 Å². The number of aryl methyl sites for hydroxylation is 3. The van der Waals surface area contributed by atoms with Gasteiger partial charge in [-0.1, -0.05) is 16.9 Å². The molecule has 26 heavy (non-hydrogen) atoms. The van der Waals surface area contributed by atoms with Crippen molar-refractivity contribution in [1.29, 1.82) is 0 Å². The Balaban J connectivity index is 1.57.